The van der Waals surface area contributed by atoms with E-state index in [4.69, 9.17) is 4.74 Å². The number of hydrogen-bond donors (Lipinski definition) is 3. The highest BCUT2D eigenvalue weighted by Crippen LogP contribution is 2.17. The number of esters is 1. The van der Waals surface area contributed by atoms with E-state index in [1.54, 1.807) is 0 Å². The van der Waals surface area contributed by atoms with Gasteiger partial charge in [0.15, 0.2) is 0 Å². The molecule has 3 atom stereocenters. The summed E-state index contributed by atoms with van der Waals surface area (Å²) in [7, 11) is 0. The lowest BCUT2D eigenvalue weighted by molar-refractivity contribution is -0.150. The molecular formula is C55H95NO5. The van der Waals surface area contributed by atoms with Gasteiger partial charge in [0.05, 0.1) is 25.2 Å². The summed E-state index contributed by atoms with van der Waals surface area (Å²) in [6.45, 7) is 6.31. The predicted octanol–water partition coefficient (Wildman–Crippen LogP) is 15.2. The van der Waals surface area contributed by atoms with E-state index in [0.717, 1.165) is 89.9 Å². The third kappa shape index (κ3) is 43.5. The standard InChI is InChI=1S/C55H95NO5/c1-4-7-10-13-16-19-22-24-25-26-27-28-29-31-33-36-39-42-45-48-55(60)61-51(46-43-40-37-34-21-18-15-12-9-6-3)49-54(59)56-52(50-57)53(58)47-44-41-38-35-32-30-23-20-17-14-11-8-5-2/h7,10,16,18-19,21,24-25,27-28,31,33,39,42,51-53,57-58H,4-6,8-9,11-15,17,20,22-23,26,29-30,32,34-38,40-41,43-50H2,1-3H3,(H,56,59)/b10-7-,19-16-,21-18-,25-24-,28-27-,33-31-,42-39-. The van der Waals surface area contributed by atoms with Gasteiger partial charge in [0.2, 0.25) is 5.91 Å². The molecule has 0 radical (unpaired) electrons. The van der Waals surface area contributed by atoms with Crippen LogP contribution in [0.5, 0.6) is 0 Å². The average molecular weight is 850 g/mol. The molecule has 0 saturated carbocycles. The number of carbonyl (C=O) groups excluding carboxylic acids is 2. The molecule has 0 heterocycles. The molecule has 6 nitrogen and oxygen atoms in total. The van der Waals surface area contributed by atoms with E-state index < -0.39 is 18.2 Å². The van der Waals surface area contributed by atoms with Crippen molar-refractivity contribution < 1.29 is 24.5 Å². The summed E-state index contributed by atoms with van der Waals surface area (Å²) >= 11 is 0. The van der Waals surface area contributed by atoms with Crippen molar-refractivity contribution in [3.63, 3.8) is 0 Å². The van der Waals surface area contributed by atoms with Crippen molar-refractivity contribution in [2.24, 2.45) is 0 Å². The third-order valence-corrected chi connectivity index (χ3v) is 11.0. The van der Waals surface area contributed by atoms with E-state index in [0.29, 0.717) is 19.3 Å². The Balaban J connectivity index is 4.64. The zero-order valence-corrected chi connectivity index (χ0v) is 39.8. The summed E-state index contributed by atoms with van der Waals surface area (Å²) in [6.07, 6.45) is 62.2. The molecule has 350 valence electrons. The van der Waals surface area contributed by atoms with Gasteiger partial charge in [-0.2, -0.15) is 0 Å². The topological polar surface area (TPSA) is 95.9 Å². The number of amides is 1. The molecule has 0 aliphatic carbocycles. The lowest BCUT2D eigenvalue weighted by Gasteiger charge is -2.24. The van der Waals surface area contributed by atoms with Crippen LogP contribution in [0.2, 0.25) is 0 Å². The third-order valence-electron chi connectivity index (χ3n) is 11.0. The first kappa shape index (κ1) is 58.0. The van der Waals surface area contributed by atoms with Crippen molar-refractivity contribution >= 4 is 11.9 Å². The number of allylic oxidation sites excluding steroid dienone is 14. The summed E-state index contributed by atoms with van der Waals surface area (Å²) < 4.78 is 5.86. The van der Waals surface area contributed by atoms with Crippen LogP contribution in [0.1, 0.15) is 226 Å². The van der Waals surface area contributed by atoms with Gasteiger partial charge in [-0.15, -0.1) is 0 Å². The smallest absolute Gasteiger partial charge is 0.306 e. The second kappa shape index (κ2) is 48.1. The van der Waals surface area contributed by atoms with Crippen molar-refractivity contribution in [1.82, 2.24) is 5.32 Å². The van der Waals surface area contributed by atoms with Gasteiger partial charge < -0.3 is 20.3 Å². The van der Waals surface area contributed by atoms with E-state index in [1.807, 2.05) is 6.08 Å². The van der Waals surface area contributed by atoms with Gasteiger partial charge in [-0.05, 0) is 89.9 Å². The number of carbonyl (C=O) groups is 2. The highest BCUT2D eigenvalue weighted by molar-refractivity contribution is 5.77. The first-order chi connectivity index (χ1) is 30.0. The molecular weight excluding hydrogens is 755 g/mol. The van der Waals surface area contributed by atoms with Crippen LogP contribution in [0.15, 0.2) is 85.1 Å². The molecule has 61 heavy (non-hydrogen) atoms. The Kier molecular flexibility index (Phi) is 45.7. The Labute approximate surface area is 376 Å². The van der Waals surface area contributed by atoms with Gasteiger partial charge in [-0.25, -0.2) is 0 Å². The molecule has 3 N–H and O–H groups in total. The largest absolute Gasteiger partial charge is 0.462 e. The Bertz CT molecular complexity index is 1180. The van der Waals surface area contributed by atoms with Gasteiger partial charge in [-0.1, -0.05) is 209 Å². The second-order valence-corrected chi connectivity index (χ2v) is 16.8. The number of rotatable bonds is 44. The zero-order valence-electron chi connectivity index (χ0n) is 39.8. The monoisotopic (exact) mass is 850 g/mol. The van der Waals surface area contributed by atoms with E-state index in [-0.39, 0.29) is 31.3 Å². The van der Waals surface area contributed by atoms with Gasteiger partial charge in [0, 0.05) is 6.42 Å². The molecule has 1 amide bonds. The summed E-state index contributed by atoms with van der Waals surface area (Å²) in [4.78, 5) is 26.0. The maximum atomic E-state index is 13.2. The van der Waals surface area contributed by atoms with Crippen LogP contribution < -0.4 is 5.32 Å². The van der Waals surface area contributed by atoms with E-state index in [9.17, 15) is 19.8 Å². The van der Waals surface area contributed by atoms with E-state index in [1.165, 1.54) is 83.5 Å². The van der Waals surface area contributed by atoms with Crippen molar-refractivity contribution in [3.8, 4) is 0 Å². The second-order valence-electron chi connectivity index (χ2n) is 16.8. The van der Waals surface area contributed by atoms with Crippen LogP contribution in [-0.2, 0) is 14.3 Å². The molecule has 0 aromatic rings. The first-order valence-corrected chi connectivity index (χ1v) is 25.3. The summed E-state index contributed by atoms with van der Waals surface area (Å²) in [5, 5.41) is 23.7. The number of aliphatic hydroxyl groups is 2. The van der Waals surface area contributed by atoms with Gasteiger partial charge in [0.1, 0.15) is 6.10 Å². The maximum Gasteiger partial charge on any atom is 0.306 e. The van der Waals surface area contributed by atoms with Gasteiger partial charge in [-0.3, -0.25) is 9.59 Å². The number of ether oxygens (including phenoxy) is 1. The minimum absolute atomic E-state index is 0.0327. The highest BCUT2D eigenvalue weighted by atomic mass is 16.5. The molecule has 0 aliphatic heterocycles. The Morgan fingerprint density at radius 3 is 1.38 bits per heavy atom. The predicted molar refractivity (Wildman–Crippen MR) is 264 cm³/mol. The molecule has 0 rings (SSSR count). The molecule has 0 aliphatic rings. The van der Waals surface area contributed by atoms with Crippen LogP contribution in [0.4, 0.5) is 0 Å². The van der Waals surface area contributed by atoms with Gasteiger partial charge in [0.25, 0.3) is 0 Å². The van der Waals surface area contributed by atoms with E-state index >= 15 is 0 Å². The molecule has 6 heteroatoms. The van der Waals surface area contributed by atoms with Crippen molar-refractivity contribution in [2.45, 2.75) is 244 Å². The van der Waals surface area contributed by atoms with Crippen molar-refractivity contribution in [1.29, 1.82) is 0 Å². The van der Waals surface area contributed by atoms with Gasteiger partial charge >= 0.3 is 5.97 Å². The summed E-state index contributed by atoms with van der Waals surface area (Å²) in [5.74, 6) is -0.596. The first-order valence-electron chi connectivity index (χ1n) is 25.3. The highest BCUT2D eigenvalue weighted by Gasteiger charge is 2.24. The van der Waals surface area contributed by atoms with Crippen molar-refractivity contribution in [3.05, 3.63) is 85.1 Å². The Morgan fingerprint density at radius 2 is 0.885 bits per heavy atom. The molecule has 0 spiro atoms. The molecule has 0 fully saturated rings. The summed E-state index contributed by atoms with van der Waals surface area (Å²) in [6, 6.07) is -0.724. The number of nitrogens with one attached hydrogen (secondary N) is 1. The zero-order chi connectivity index (χ0) is 44.5. The fraction of sp³-hybridized carbons (Fsp3) is 0.709. The minimum atomic E-state index is -0.806. The normalized spacial score (nSPS) is 14.0. The molecule has 0 bridgehead atoms. The Hall–Kier alpha value is -2.96. The quantitative estimate of drug-likeness (QED) is 0.0322. The van der Waals surface area contributed by atoms with Crippen LogP contribution >= 0.6 is 0 Å². The van der Waals surface area contributed by atoms with E-state index in [2.05, 4.69) is 105 Å². The molecule has 3 unspecified atom stereocenters. The fourth-order valence-electron chi connectivity index (χ4n) is 7.16. The lowest BCUT2D eigenvalue weighted by Crippen LogP contribution is -2.46. The number of aliphatic hydroxyl groups excluding tert-OH is 2. The average Bonchev–Trinajstić information content (AvgIpc) is 3.25. The summed E-state index contributed by atoms with van der Waals surface area (Å²) in [5.41, 5.74) is 0. The molecule has 0 aromatic heterocycles. The van der Waals surface area contributed by atoms with Crippen LogP contribution in [0, 0.1) is 0 Å². The van der Waals surface area contributed by atoms with Crippen molar-refractivity contribution in [2.75, 3.05) is 6.61 Å². The fourth-order valence-corrected chi connectivity index (χ4v) is 7.16. The minimum Gasteiger partial charge on any atom is -0.462 e. The van der Waals surface area contributed by atoms with Crippen LogP contribution in [0.25, 0.3) is 0 Å². The Morgan fingerprint density at radius 1 is 0.492 bits per heavy atom. The SMILES string of the molecule is CC/C=C\C/C=C\C/C=C\C/C=C\C/C=C\C/C=C\CCC(=O)OC(CCCCC/C=C\CCCCC)CC(=O)NC(CO)C(O)CCCCCCCCCCCCCCC. The van der Waals surface area contributed by atoms with Crippen LogP contribution in [0.3, 0.4) is 0 Å². The molecule has 0 aromatic carbocycles. The van der Waals surface area contributed by atoms with Crippen LogP contribution in [-0.4, -0.2) is 46.9 Å². The molecule has 0 saturated heterocycles. The number of hydrogen-bond acceptors (Lipinski definition) is 5. The lowest BCUT2D eigenvalue weighted by atomic mass is 10.0. The maximum absolute atomic E-state index is 13.2. The number of unbranched alkanes of at least 4 members (excludes halogenated alkanes) is 18.